The Kier molecular flexibility index (Phi) is 14.5. The number of fused-ring (bicyclic) bond motifs is 1. The van der Waals surface area contributed by atoms with E-state index in [1.165, 1.54) is 5.57 Å². The largest absolute Gasteiger partial charge is 0.463 e. The van der Waals surface area contributed by atoms with E-state index in [0.29, 0.717) is 43.0 Å². The van der Waals surface area contributed by atoms with Crippen molar-refractivity contribution >= 4 is 23.5 Å². The Bertz CT molecular complexity index is 2460. The zero-order chi connectivity index (χ0) is 49.3. The van der Waals surface area contributed by atoms with Crippen molar-refractivity contribution in [1.29, 1.82) is 0 Å². The Morgan fingerprint density at radius 1 is 1.07 bits per heavy atom. The van der Waals surface area contributed by atoms with Gasteiger partial charge in [-0.05, 0) is 124 Å². The number of nitrogens with zero attached hydrogens (tertiary/aromatic N) is 1. The number of hydrogen-bond acceptors (Lipinski definition) is 12. The number of nitrogens with one attached hydrogen (secondary N) is 6. The first-order chi connectivity index (χ1) is 33.8. The molecule has 9 rings (SSSR count). The van der Waals surface area contributed by atoms with Crippen LogP contribution in [-0.2, 0) is 20.7 Å². The Morgan fingerprint density at radius 3 is 2.64 bits per heavy atom. The van der Waals surface area contributed by atoms with Crippen LogP contribution in [-0.4, -0.2) is 93.4 Å². The van der Waals surface area contributed by atoms with Gasteiger partial charge < -0.3 is 52.8 Å². The van der Waals surface area contributed by atoms with Crippen LogP contribution >= 0.6 is 0 Å². The molecular weight excluding hydrogens is 879 g/mol. The Morgan fingerprint density at radius 2 is 1.89 bits per heavy atom. The van der Waals surface area contributed by atoms with Crippen molar-refractivity contribution in [3.8, 4) is 0 Å². The SMILES string of the molecule is CCN[C@@H]1C=C2C=CC[C@H]3CCCC[C@@](C)(CC4=CNC(N)C=C4)Cc4cccc5c4C(=O)[C@]4(O[C@@]4(C/C=C(\C)C4([C@@H](NC(N)=NC)C6=CCNC(NCNC)=C6)CCCC4)C5=O)C(=O)OC[C@@H]1C[C@@H]23. The van der Waals surface area contributed by atoms with E-state index >= 15 is 14.4 Å². The summed E-state index contributed by atoms with van der Waals surface area (Å²) in [6, 6.07) is 5.33. The third kappa shape index (κ3) is 9.25. The number of benzene rings is 1. The van der Waals surface area contributed by atoms with Crippen LogP contribution in [0.4, 0.5) is 0 Å². The van der Waals surface area contributed by atoms with E-state index in [1.54, 1.807) is 13.1 Å². The molecule has 70 heavy (non-hydrogen) atoms. The minimum Gasteiger partial charge on any atom is -0.463 e. The zero-order valence-electron chi connectivity index (χ0n) is 42.1. The number of hydrogen-bond donors (Lipinski definition) is 8. The fourth-order valence-electron chi connectivity index (χ4n) is 13.4. The number of ether oxygens (including phenoxy) is 2. The number of allylic oxidation sites excluding steroid dienone is 5. The highest BCUT2D eigenvalue weighted by atomic mass is 16.7. The molecule has 8 aliphatic rings. The van der Waals surface area contributed by atoms with Crippen LogP contribution in [0.2, 0.25) is 0 Å². The number of dihydropyridines is 2. The maximum atomic E-state index is 15.7. The molecule has 2 fully saturated rings. The summed E-state index contributed by atoms with van der Waals surface area (Å²) in [6.07, 6.45) is 30.2. The van der Waals surface area contributed by atoms with Crippen molar-refractivity contribution in [2.75, 3.05) is 40.5 Å². The monoisotopic (exact) mass is 956 g/mol. The number of carbonyl (C=O) groups is 3. The highest BCUT2D eigenvalue weighted by Crippen LogP contribution is 2.60. The van der Waals surface area contributed by atoms with Crippen molar-refractivity contribution < 1.29 is 23.9 Å². The van der Waals surface area contributed by atoms with Crippen molar-refractivity contribution in [1.82, 2.24) is 31.9 Å². The number of likely N-dealkylation sites (N-methyl/N-ethyl adjacent to an activating group) is 1. The minimum absolute atomic E-state index is 0.0116. The molecule has 1 aromatic rings. The summed E-state index contributed by atoms with van der Waals surface area (Å²) in [6.45, 7) is 8.58. The number of rotatable bonds is 13. The highest BCUT2D eigenvalue weighted by molar-refractivity contribution is 6.33. The van der Waals surface area contributed by atoms with Gasteiger partial charge in [-0.3, -0.25) is 14.6 Å². The molecule has 14 heteroatoms. The van der Waals surface area contributed by atoms with Gasteiger partial charge in [0.05, 0.1) is 25.5 Å². The molecule has 1 spiro atoms. The number of guanidine groups is 1. The lowest BCUT2D eigenvalue weighted by Crippen LogP contribution is -2.52. The smallest absolute Gasteiger partial charge is 0.350 e. The summed E-state index contributed by atoms with van der Waals surface area (Å²) in [5.74, 6) is 0.428. The van der Waals surface area contributed by atoms with Gasteiger partial charge in [0, 0.05) is 54.7 Å². The zero-order valence-corrected chi connectivity index (χ0v) is 42.1. The molecule has 4 heterocycles. The fraction of sp³-hybridized carbons (Fsp3) is 0.571. The number of ketones is 2. The van der Waals surface area contributed by atoms with E-state index in [4.69, 9.17) is 20.9 Å². The topological polar surface area (TPSA) is 210 Å². The van der Waals surface area contributed by atoms with Gasteiger partial charge in [-0.2, -0.15) is 0 Å². The number of epoxide rings is 1. The number of Topliss-reactive ketones (excluding diaryl/α,β-unsaturated/α-hetero) is 2. The molecule has 0 aromatic heterocycles. The second-order valence-electron chi connectivity index (χ2n) is 21.6. The van der Waals surface area contributed by atoms with Crippen molar-refractivity contribution in [3.05, 3.63) is 118 Å². The van der Waals surface area contributed by atoms with Gasteiger partial charge in [0.25, 0.3) is 5.60 Å². The number of nitrogens with two attached hydrogens (primary N) is 2. The number of cyclic esters (lactones) is 1. The highest BCUT2D eigenvalue weighted by Gasteiger charge is 2.85. The Hall–Kier alpha value is -5.28. The van der Waals surface area contributed by atoms with Gasteiger partial charge in [0.2, 0.25) is 5.78 Å². The predicted molar refractivity (Wildman–Crippen MR) is 275 cm³/mol. The number of esters is 1. The summed E-state index contributed by atoms with van der Waals surface area (Å²) in [5.41, 5.74) is 14.0. The minimum atomic E-state index is -2.13. The van der Waals surface area contributed by atoms with Crippen LogP contribution in [0.3, 0.4) is 0 Å². The molecule has 14 nitrogen and oxygen atoms in total. The molecule has 9 atom stereocenters. The first kappa shape index (κ1) is 49.7. The van der Waals surface area contributed by atoms with Crippen LogP contribution in [0, 0.1) is 28.6 Å². The number of carbonyl (C=O) groups excluding carboxylic acids is 3. The van der Waals surface area contributed by atoms with Gasteiger partial charge in [-0.15, -0.1) is 0 Å². The second kappa shape index (κ2) is 20.4. The van der Waals surface area contributed by atoms with Crippen LogP contribution in [0.15, 0.2) is 106 Å². The third-order valence-electron chi connectivity index (χ3n) is 17.1. The van der Waals surface area contributed by atoms with Gasteiger partial charge >= 0.3 is 5.97 Å². The number of aliphatic imine (C=N–C) groups is 1. The first-order valence-corrected chi connectivity index (χ1v) is 26.1. The standard InChI is InChI=1S/C56H77N9O5/c1-6-61-44-28-38-15-11-14-37-13-7-8-22-53(3,30-36-18-19-45(57)63-32-36)31-40-16-12-17-42-47(40)50(67)56(51(68)69-33-41(44)27-43(37)38)55(70-56,49(42)66)25-20-35(2)54(23-9-10-24-54)48(65-52(58)60-5)39-21-26-62-46(29-39)64-34-59-4/h11-12,15-21,28-29,32,37,41,43-45,48,59,61-64H,6-10,13-14,22-27,30-31,33-34,57H2,1-5H3,(H3,58,60,65)/b35-20+/t37-,41+,43-,44-,45?,48+,53+,55+,56+/m1/s1. The Balaban J connectivity index is 1.11. The predicted octanol–water partition coefficient (Wildman–Crippen LogP) is 6.01. The molecule has 0 amide bonds. The van der Waals surface area contributed by atoms with Crippen LogP contribution in [0.5, 0.6) is 0 Å². The maximum absolute atomic E-state index is 15.7. The van der Waals surface area contributed by atoms with Crippen LogP contribution in [0.1, 0.15) is 124 Å². The summed E-state index contributed by atoms with van der Waals surface area (Å²) in [7, 11) is 3.57. The van der Waals surface area contributed by atoms with Crippen molar-refractivity contribution in [2.45, 2.75) is 134 Å². The van der Waals surface area contributed by atoms with E-state index in [1.807, 2.05) is 31.5 Å². The fourth-order valence-corrected chi connectivity index (χ4v) is 13.4. The first-order valence-electron chi connectivity index (χ1n) is 26.1. The lowest BCUT2D eigenvalue weighted by molar-refractivity contribution is -0.150. The molecule has 4 aliphatic heterocycles. The molecule has 1 saturated heterocycles. The van der Waals surface area contributed by atoms with Gasteiger partial charge in [0.1, 0.15) is 5.82 Å². The molecule has 10 N–H and O–H groups in total. The average Bonchev–Trinajstić information content (AvgIpc) is 3.83. The molecule has 0 radical (unpaired) electrons. The van der Waals surface area contributed by atoms with Gasteiger partial charge in [0.15, 0.2) is 17.3 Å². The summed E-state index contributed by atoms with van der Waals surface area (Å²) in [5, 5.41) is 20.5. The molecule has 1 aromatic carbocycles. The van der Waals surface area contributed by atoms with Gasteiger partial charge in [-0.25, -0.2) is 4.79 Å². The summed E-state index contributed by atoms with van der Waals surface area (Å²) >= 11 is 0. The average molecular weight is 956 g/mol. The van der Waals surface area contributed by atoms with E-state index in [0.717, 1.165) is 105 Å². The maximum Gasteiger partial charge on any atom is 0.350 e. The van der Waals surface area contributed by atoms with Crippen LogP contribution in [0.25, 0.3) is 0 Å². The molecule has 1 unspecified atom stereocenters. The van der Waals surface area contributed by atoms with Crippen molar-refractivity contribution in [3.63, 3.8) is 0 Å². The normalized spacial score (nSPS) is 33.2. The van der Waals surface area contributed by atoms with Crippen molar-refractivity contribution in [2.24, 2.45) is 45.0 Å². The van der Waals surface area contributed by atoms with E-state index in [-0.39, 0.29) is 54.0 Å². The molecular formula is C56H77N9O5. The van der Waals surface area contributed by atoms with Gasteiger partial charge in [-0.1, -0.05) is 99.8 Å². The lowest BCUT2D eigenvalue weighted by atomic mass is 9.67. The van der Waals surface area contributed by atoms with E-state index < -0.39 is 28.4 Å². The molecule has 4 aliphatic carbocycles. The summed E-state index contributed by atoms with van der Waals surface area (Å²) < 4.78 is 13.1. The van der Waals surface area contributed by atoms with E-state index in [2.05, 4.69) is 100 Å². The molecule has 4 bridgehead atoms. The lowest BCUT2D eigenvalue weighted by Gasteiger charge is -2.41. The molecule has 1 saturated carbocycles. The van der Waals surface area contributed by atoms with E-state index in [9.17, 15) is 0 Å². The quantitative estimate of drug-likeness (QED) is 0.0217. The summed E-state index contributed by atoms with van der Waals surface area (Å²) in [4.78, 5) is 50.8. The Labute approximate surface area is 414 Å². The van der Waals surface area contributed by atoms with Crippen LogP contribution < -0.4 is 43.4 Å². The third-order valence-corrected chi connectivity index (χ3v) is 17.1. The second-order valence-corrected chi connectivity index (χ2v) is 21.6. The molecule has 376 valence electrons.